The van der Waals surface area contributed by atoms with E-state index in [0.717, 1.165) is 12.1 Å². The van der Waals surface area contributed by atoms with Crippen molar-refractivity contribution in [1.29, 1.82) is 0 Å². The third-order valence-electron chi connectivity index (χ3n) is 3.11. The summed E-state index contributed by atoms with van der Waals surface area (Å²) in [5.41, 5.74) is -3.44. The second-order valence-corrected chi connectivity index (χ2v) is 5.38. The van der Waals surface area contributed by atoms with Crippen LogP contribution in [0.25, 0.3) is 0 Å². The van der Waals surface area contributed by atoms with Crippen LogP contribution in [0, 0.1) is 15.9 Å². The van der Waals surface area contributed by atoms with Crippen LogP contribution in [0.5, 0.6) is 0 Å². The van der Waals surface area contributed by atoms with Crippen molar-refractivity contribution >= 4 is 28.9 Å². The lowest BCUT2D eigenvalue weighted by molar-refractivity contribution is -0.384. The van der Waals surface area contributed by atoms with Crippen molar-refractivity contribution < 1.29 is 27.3 Å². The van der Waals surface area contributed by atoms with Gasteiger partial charge >= 0.3 is 6.18 Å². The molecular weight excluding hydrogens is 386 g/mol. The van der Waals surface area contributed by atoms with Crippen LogP contribution in [0.15, 0.2) is 35.3 Å². The van der Waals surface area contributed by atoms with Gasteiger partial charge in [0.1, 0.15) is 23.1 Å². The highest BCUT2D eigenvalue weighted by Gasteiger charge is 2.32. The van der Waals surface area contributed by atoms with Crippen LogP contribution in [0.2, 0.25) is 5.02 Å². The molecule has 2 aromatic rings. The van der Waals surface area contributed by atoms with Crippen molar-refractivity contribution in [1.82, 2.24) is 4.57 Å². The molecule has 2 rings (SSSR count). The van der Waals surface area contributed by atoms with E-state index in [2.05, 4.69) is 0 Å². The minimum Gasteiger partial charge on any atom is -0.319 e. The van der Waals surface area contributed by atoms with Gasteiger partial charge in [0.25, 0.3) is 11.2 Å². The van der Waals surface area contributed by atoms with Crippen LogP contribution < -0.4 is 10.9 Å². The van der Waals surface area contributed by atoms with Gasteiger partial charge in [-0.3, -0.25) is 19.7 Å². The Kier molecular flexibility index (Phi) is 5.30. The summed E-state index contributed by atoms with van der Waals surface area (Å²) in [6, 6.07) is 2.73. The molecule has 0 bridgehead atoms. The van der Waals surface area contributed by atoms with Gasteiger partial charge in [-0.1, -0.05) is 11.6 Å². The van der Waals surface area contributed by atoms with E-state index in [0.29, 0.717) is 22.9 Å². The molecule has 0 aliphatic rings. The van der Waals surface area contributed by atoms with E-state index in [1.54, 1.807) is 0 Å². The van der Waals surface area contributed by atoms with Gasteiger partial charge in [-0.05, 0) is 18.2 Å². The van der Waals surface area contributed by atoms with Gasteiger partial charge in [-0.2, -0.15) is 13.2 Å². The molecule has 0 aliphatic carbocycles. The fourth-order valence-electron chi connectivity index (χ4n) is 1.98. The second kappa shape index (κ2) is 7.12. The number of pyridine rings is 1. The standard InChI is InChI=1S/C14H8ClF4N3O4/c15-9-3-7(14(17,18)19)5-21(13(9)24)6-12(23)20-10-2-1-8(16)4-11(10)22(25)26/h1-5H,6H2,(H,20,23). The molecule has 0 saturated heterocycles. The number of nitro benzene ring substituents is 1. The van der Waals surface area contributed by atoms with E-state index < -0.39 is 51.2 Å². The number of nitrogens with zero attached hydrogens (tertiary/aromatic N) is 2. The van der Waals surface area contributed by atoms with Gasteiger partial charge in [0.15, 0.2) is 0 Å². The molecule has 12 heteroatoms. The zero-order valence-electron chi connectivity index (χ0n) is 12.5. The number of hydrogen-bond acceptors (Lipinski definition) is 4. The maximum Gasteiger partial charge on any atom is 0.417 e. The third kappa shape index (κ3) is 4.36. The first kappa shape index (κ1) is 19.4. The number of anilines is 1. The molecule has 138 valence electrons. The van der Waals surface area contributed by atoms with Gasteiger partial charge in [-0.25, -0.2) is 4.39 Å². The Morgan fingerprint density at radius 3 is 2.54 bits per heavy atom. The van der Waals surface area contributed by atoms with E-state index in [1.165, 1.54) is 0 Å². The number of halogens is 5. The highest BCUT2D eigenvalue weighted by Crippen LogP contribution is 2.29. The molecule has 1 heterocycles. The summed E-state index contributed by atoms with van der Waals surface area (Å²) < 4.78 is 51.7. The summed E-state index contributed by atoms with van der Waals surface area (Å²) in [5, 5.41) is 12.1. The van der Waals surface area contributed by atoms with E-state index in [1.807, 2.05) is 5.32 Å². The number of nitrogens with one attached hydrogen (secondary N) is 1. The van der Waals surface area contributed by atoms with Gasteiger partial charge in [0.2, 0.25) is 5.91 Å². The maximum atomic E-state index is 13.1. The van der Waals surface area contributed by atoms with Gasteiger partial charge < -0.3 is 9.88 Å². The number of nitro groups is 1. The first-order valence-corrected chi connectivity index (χ1v) is 7.08. The van der Waals surface area contributed by atoms with Gasteiger partial charge in [0, 0.05) is 6.20 Å². The molecule has 0 saturated carbocycles. The fourth-order valence-corrected chi connectivity index (χ4v) is 2.20. The minimum atomic E-state index is -4.80. The number of carbonyl (C=O) groups excluding carboxylic acids is 1. The Morgan fingerprint density at radius 1 is 1.31 bits per heavy atom. The lowest BCUT2D eigenvalue weighted by Crippen LogP contribution is -2.29. The summed E-state index contributed by atoms with van der Waals surface area (Å²) in [6.07, 6.45) is -4.40. The average molecular weight is 394 g/mol. The van der Waals surface area contributed by atoms with Crippen LogP contribution in [-0.2, 0) is 17.5 Å². The summed E-state index contributed by atoms with van der Waals surface area (Å²) in [6.45, 7) is -0.892. The van der Waals surface area contributed by atoms with Crippen LogP contribution >= 0.6 is 11.6 Å². The predicted molar refractivity (Wildman–Crippen MR) is 82.4 cm³/mol. The molecule has 0 spiro atoms. The number of hydrogen-bond donors (Lipinski definition) is 1. The van der Waals surface area contributed by atoms with Crippen molar-refractivity contribution in [2.75, 3.05) is 5.32 Å². The molecule has 1 aromatic heterocycles. The Bertz CT molecular complexity index is 943. The maximum absolute atomic E-state index is 13.1. The average Bonchev–Trinajstić information content (AvgIpc) is 2.52. The molecule has 0 aliphatic heterocycles. The lowest BCUT2D eigenvalue weighted by atomic mass is 10.2. The number of amides is 1. The molecule has 0 unspecified atom stereocenters. The molecule has 1 N–H and O–H groups in total. The van der Waals surface area contributed by atoms with Crippen LogP contribution in [-0.4, -0.2) is 15.4 Å². The van der Waals surface area contributed by atoms with E-state index in [4.69, 9.17) is 11.6 Å². The number of benzene rings is 1. The molecule has 0 radical (unpaired) electrons. The largest absolute Gasteiger partial charge is 0.417 e. The van der Waals surface area contributed by atoms with Crippen LogP contribution in [0.1, 0.15) is 5.56 Å². The summed E-state index contributed by atoms with van der Waals surface area (Å²) in [7, 11) is 0. The number of aromatic nitrogens is 1. The molecule has 7 nitrogen and oxygen atoms in total. The van der Waals surface area contributed by atoms with Crippen molar-refractivity contribution in [2.24, 2.45) is 0 Å². The number of carbonyl (C=O) groups is 1. The third-order valence-corrected chi connectivity index (χ3v) is 3.38. The summed E-state index contributed by atoms with van der Waals surface area (Å²) in [4.78, 5) is 33.6. The van der Waals surface area contributed by atoms with Crippen molar-refractivity contribution in [3.05, 3.63) is 67.3 Å². The van der Waals surface area contributed by atoms with Gasteiger partial charge in [-0.15, -0.1) is 0 Å². The molecular formula is C14H8ClF4N3O4. The topological polar surface area (TPSA) is 94.2 Å². The number of rotatable bonds is 4. The molecule has 1 aromatic carbocycles. The van der Waals surface area contributed by atoms with Crippen molar-refractivity contribution in [3.63, 3.8) is 0 Å². The Balaban J connectivity index is 2.31. The number of alkyl halides is 3. The second-order valence-electron chi connectivity index (χ2n) is 4.97. The van der Waals surface area contributed by atoms with E-state index >= 15 is 0 Å². The predicted octanol–water partition coefficient (Wildman–Crippen LogP) is 3.21. The molecule has 26 heavy (non-hydrogen) atoms. The zero-order chi connectivity index (χ0) is 19.6. The zero-order valence-corrected chi connectivity index (χ0v) is 13.3. The first-order valence-electron chi connectivity index (χ1n) is 6.70. The first-order chi connectivity index (χ1) is 12.0. The van der Waals surface area contributed by atoms with Crippen molar-refractivity contribution in [2.45, 2.75) is 12.7 Å². The molecule has 1 amide bonds. The van der Waals surface area contributed by atoms with E-state index in [-0.39, 0.29) is 5.69 Å². The fraction of sp³-hybridized carbons (Fsp3) is 0.143. The monoisotopic (exact) mass is 393 g/mol. The normalized spacial score (nSPS) is 11.3. The van der Waals surface area contributed by atoms with Gasteiger partial charge in [0.05, 0.1) is 16.6 Å². The minimum absolute atomic E-state index is 0.382. The molecule has 0 atom stereocenters. The Hall–Kier alpha value is -2.95. The summed E-state index contributed by atoms with van der Waals surface area (Å²) >= 11 is 5.46. The smallest absolute Gasteiger partial charge is 0.319 e. The molecule has 0 fully saturated rings. The van der Waals surface area contributed by atoms with E-state index in [9.17, 15) is 37.3 Å². The van der Waals surface area contributed by atoms with Crippen LogP contribution in [0.3, 0.4) is 0 Å². The summed E-state index contributed by atoms with van der Waals surface area (Å²) in [5.74, 6) is -1.97. The van der Waals surface area contributed by atoms with Crippen LogP contribution in [0.4, 0.5) is 28.9 Å². The highest BCUT2D eigenvalue weighted by atomic mass is 35.5. The quantitative estimate of drug-likeness (QED) is 0.490. The van der Waals surface area contributed by atoms with Crippen molar-refractivity contribution in [3.8, 4) is 0 Å². The SMILES string of the molecule is O=C(Cn1cc(C(F)(F)F)cc(Cl)c1=O)Nc1ccc(F)cc1[N+](=O)[O-]. The Morgan fingerprint density at radius 2 is 1.96 bits per heavy atom. The lowest BCUT2D eigenvalue weighted by Gasteiger charge is -2.12. The Labute approximate surface area is 147 Å². The highest BCUT2D eigenvalue weighted by molar-refractivity contribution is 6.30.